The van der Waals surface area contributed by atoms with Crippen LogP contribution in [0, 0.1) is 0 Å². The standard InChI is InChI=1S/C50H41BN4O2/c1-49(2)50(3,4)57-51(56-49)36-31-43-46(34-21-13-7-14-22-34)41-28-27-39(53-41)44(32-17-9-5-10-18-32)37-25-26-38(52-37)45(33-19-11-6-12-20-33)40-29-30-42(54-40)47(48(36)55-43)35-23-15-8-16-24-35/h5-31,53-54H,1-4H3. The minimum atomic E-state index is -0.659. The molecule has 3 aromatic heterocycles. The first-order valence-corrected chi connectivity index (χ1v) is 19.5. The highest BCUT2D eigenvalue weighted by Gasteiger charge is 2.53. The highest BCUT2D eigenvalue weighted by molar-refractivity contribution is 6.71. The van der Waals surface area contributed by atoms with Crippen molar-refractivity contribution in [2.45, 2.75) is 38.9 Å². The summed E-state index contributed by atoms with van der Waals surface area (Å²) in [4.78, 5) is 18.8. The maximum atomic E-state index is 6.83. The van der Waals surface area contributed by atoms with E-state index >= 15 is 0 Å². The number of H-pyrrole nitrogens is 2. The number of rotatable bonds is 5. The predicted molar refractivity (Wildman–Crippen MR) is 236 cm³/mol. The van der Waals surface area contributed by atoms with E-state index in [9.17, 15) is 0 Å². The fourth-order valence-corrected chi connectivity index (χ4v) is 8.09. The number of hydrogen-bond donors (Lipinski definition) is 2. The van der Waals surface area contributed by atoms with Gasteiger partial charge in [-0.25, -0.2) is 9.97 Å². The van der Waals surface area contributed by atoms with Gasteiger partial charge in [0, 0.05) is 49.8 Å². The number of hydrogen-bond acceptors (Lipinski definition) is 4. The normalized spacial score (nSPS) is 15.5. The van der Waals surface area contributed by atoms with Crippen molar-refractivity contribution < 1.29 is 9.31 Å². The molecule has 1 fully saturated rings. The van der Waals surface area contributed by atoms with Crippen LogP contribution in [0.2, 0.25) is 0 Å². The smallest absolute Gasteiger partial charge is 0.399 e. The second-order valence-corrected chi connectivity index (χ2v) is 15.8. The monoisotopic (exact) mass is 740 g/mol. The Morgan fingerprint density at radius 1 is 0.421 bits per heavy atom. The highest BCUT2D eigenvalue weighted by Crippen LogP contribution is 2.46. The lowest BCUT2D eigenvalue weighted by Crippen LogP contribution is -2.41. The molecule has 8 bridgehead atoms. The van der Waals surface area contributed by atoms with Gasteiger partial charge in [-0.2, -0.15) is 0 Å². The summed E-state index contributed by atoms with van der Waals surface area (Å²) in [5, 5.41) is 0. The van der Waals surface area contributed by atoms with Gasteiger partial charge in [-0.15, -0.1) is 0 Å². The molecule has 10 rings (SSSR count). The molecule has 6 nitrogen and oxygen atoms in total. The van der Waals surface area contributed by atoms with Gasteiger partial charge in [-0.05, 0) is 92.4 Å². The van der Waals surface area contributed by atoms with E-state index in [1.165, 1.54) is 0 Å². The second kappa shape index (κ2) is 13.6. The molecule has 0 amide bonds. The molecular weight excluding hydrogens is 699 g/mol. The van der Waals surface area contributed by atoms with E-state index in [0.717, 1.165) is 94.8 Å². The van der Waals surface area contributed by atoms with Gasteiger partial charge in [0.05, 0.1) is 34.0 Å². The average molecular weight is 741 g/mol. The van der Waals surface area contributed by atoms with Crippen LogP contribution in [0.15, 0.2) is 146 Å². The lowest BCUT2D eigenvalue weighted by Gasteiger charge is -2.32. The molecule has 57 heavy (non-hydrogen) atoms. The van der Waals surface area contributed by atoms with Gasteiger partial charge in [0.25, 0.3) is 0 Å². The SMILES string of the molecule is CC1(C)OB(C2=Cc3nc2c(-c2ccccc2)c2ccc([nH]2)c(-c2ccccc2)c2nc(c(-c4ccccc4)c4ccc([nH]4)c3-c3ccccc3)C=C2)OC1(C)C. The van der Waals surface area contributed by atoms with Gasteiger partial charge < -0.3 is 19.3 Å². The average Bonchev–Trinajstić information content (AvgIpc) is 4.08. The molecule has 7 aromatic rings. The van der Waals surface area contributed by atoms with Crippen LogP contribution in [0.4, 0.5) is 0 Å². The van der Waals surface area contributed by atoms with Gasteiger partial charge in [0.2, 0.25) is 0 Å². The number of nitrogens with one attached hydrogen (secondary N) is 2. The summed E-state index contributed by atoms with van der Waals surface area (Å²) in [7, 11) is -0.659. The third-order valence-corrected chi connectivity index (χ3v) is 11.6. The number of aromatic amines is 2. The minimum Gasteiger partial charge on any atom is -0.399 e. The molecule has 276 valence electrons. The van der Waals surface area contributed by atoms with E-state index in [2.05, 4.69) is 177 Å². The number of aromatic nitrogens is 4. The largest absolute Gasteiger partial charge is 0.497 e. The molecule has 1 saturated heterocycles. The van der Waals surface area contributed by atoms with Gasteiger partial charge in [0.15, 0.2) is 0 Å². The van der Waals surface area contributed by atoms with E-state index in [1.807, 2.05) is 24.3 Å². The van der Waals surface area contributed by atoms with Crippen LogP contribution in [0.25, 0.3) is 90.3 Å². The molecule has 6 heterocycles. The fourth-order valence-electron chi connectivity index (χ4n) is 8.09. The van der Waals surface area contributed by atoms with Crippen molar-refractivity contribution >= 4 is 52.9 Å². The highest BCUT2D eigenvalue weighted by atomic mass is 16.7. The van der Waals surface area contributed by atoms with Gasteiger partial charge in [-0.3, -0.25) is 0 Å². The van der Waals surface area contributed by atoms with E-state index < -0.39 is 18.3 Å². The first-order chi connectivity index (χ1) is 27.7. The van der Waals surface area contributed by atoms with Crippen LogP contribution in [0.3, 0.4) is 0 Å². The van der Waals surface area contributed by atoms with Crippen molar-refractivity contribution in [3.05, 3.63) is 168 Å². The number of nitrogens with zero attached hydrogens (tertiary/aromatic N) is 2. The van der Waals surface area contributed by atoms with Crippen LogP contribution in [-0.4, -0.2) is 38.3 Å². The van der Waals surface area contributed by atoms with Crippen molar-refractivity contribution in [3.63, 3.8) is 0 Å². The van der Waals surface area contributed by atoms with Gasteiger partial charge in [0.1, 0.15) is 0 Å². The summed E-state index contributed by atoms with van der Waals surface area (Å²) in [6.07, 6.45) is 6.43. The Labute approximate surface area is 332 Å². The van der Waals surface area contributed by atoms with Crippen molar-refractivity contribution in [2.75, 3.05) is 0 Å². The number of benzene rings is 4. The summed E-state index contributed by atoms with van der Waals surface area (Å²) < 4.78 is 13.7. The quantitative estimate of drug-likeness (QED) is 0.172. The number of fused-ring (bicyclic) bond motifs is 8. The molecule has 4 aromatic carbocycles. The molecule has 0 spiro atoms. The summed E-state index contributed by atoms with van der Waals surface area (Å²) in [5.41, 5.74) is 15.0. The summed E-state index contributed by atoms with van der Waals surface area (Å²) in [5.74, 6) is 0. The molecule has 0 atom stereocenters. The van der Waals surface area contributed by atoms with Gasteiger partial charge in [-0.1, -0.05) is 121 Å². The van der Waals surface area contributed by atoms with E-state index in [4.69, 9.17) is 19.3 Å². The Hall–Kier alpha value is -6.54. The fraction of sp³-hybridized carbons (Fsp3) is 0.120. The topological polar surface area (TPSA) is 75.8 Å². The van der Waals surface area contributed by atoms with Crippen molar-refractivity contribution in [1.29, 1.82) is 0 Å². The van der Waals surface area contributed by atoms with Crippen LogP contribution in [0.1, 0.15) is 50.5 Å². The third-order valence-electron chi connectivity index (χ3n) is 11.6. The van der Waals surface area contributed by atoms with E-state index in [1.54, 1.807) is 0 Å². The van der Waals surface area contributed by atoms with Crippen LogP contribution >= 0.6 is 0 Å². The molecular formula is C50H41BN4O2. The van der Waals surface area contributed by atoms with Gasteiger partial charge >= 0.3 is 7.12 Å². The molecule has 0 saturated carbocycles. The zero-order chi connectivity index (χ0) is 38.7. The van der Waals surface area contributed by atoms with Crippen LogP contribution in [0.5, 0.6) is 0 Å². The maximum Gasteiger partial charge on any atom is 0.497 e. The zero-order valence-electron chi connectivity index (χ0n) is 32.4. The molecule has 0 radical (unpaired) electrons. The van der Waals surface area contributed by atoms with E-state index in [0.29, 0.717) is 0 Å². The van der Waals surface area contributed by atoms with E-state index in [-0.39, 0.29) is 0 Å². The molecule has 7 heteroatoms. The lowest BCUT2D eigenvalue weighted by molar-refractivity contribution is 0.00578. The Morgan fingerprint density at radius 3 is 1.18 bits per heavy atom. The molecule has 0 unspecified atom stereocenters. The predicted octanol–water partition coefficient (Wildman–Crippen LogP) is 12.3. The summed E-state index contributed by atoms with van der Waals surface area (Å²) in [6.45, 7) is 8.38. The van der Waals surface area contributed by atoms with Crippen molar-refractivity contribution in [2.24, 2.45) is 0 Å². The van der Waals surface area contributed by atoms with Crippen molar-refractivity contribution in [3.8, 4) is 44.5 Å². The Bertz CT molecular complexity index is 2880. The summed E-state index contributed by atoms with van der Waals surface area (Å²) >= 11 is 0. The zero-order valence-corrected chi connectivity index (χ0v) is 32.4. The first-order valence-electron chi connectivity index (χ1n) is 19.5. The third kappa shape index (κ3) is 6.07. The molecule has 2 N–H and O–H groups in total. The molecule has 0 aliphatic carbocycles. The second-order valence-electron chi connectivity index (χ2n) is 15.8. The Balaban J connectivity index is 1.41. The minimum absolute atomic E-state index is 0.553. The molecule has 3 aliphatic rings. The Kier molecular flexibility index (Phi) is 8.33. The van der Waals surface area contributed by atoms with Crippen molar-refractivity contribution in [1.82, 2.24) is 19.9 Å². The van der Waals surface area contributed by atoms with Crippen LogP contribution in [-0.2, 0) is 9.31 Å². The molecule has 3 aliphatic heterocycles. The Morgan fingerprint density at radius 2 is 0.772 bits per heavy atom. The summed E-state index contributed by atoms with van der Waals surface area (Å²) in [6, 6.07) is 50.6. The maximum absolute atomic E-state index is 6.83. The lowest BCUT2D eigenvalue weighted by atomic mass is 9.74. The first kappa shape index (κ1) is 34.9. The van der Waals surface area contributed by atoms with Crippen LogP contribution < -0.4 is 0 Å².